The van der Waals surface area contributed by atoms with Gasteiger partial charge < -0.3 is 10.2 Å². The number of carbonyl (C=O) groups is 1. The number of phenols is 1. The normalized spacial score (nSPS) is 15.9. The van der Waals surface area contributed by atoms with Gasteiger partial charge in [-0.25, -0.2) is 4.79 Å². The van der Waals surface area contributed by atoms with Gasteiger partial charge >= 0.3 is 60.9 Å². The van der Waals surface area contributed by atoms with Gasteiger partial charge in [-0.1, -0.05) is 12.1 Å². The van der Waals surface area contributed by atoms with E-state index >= 15 is 0 Å². The first-order valence-corrected chi connectivity index (χ1v) is 7.67. The zero-order valence-electron chi connectivity index (χ0n) is 9.93. The summed E-state index contributed by atoms with van der Waals surface area (Å²) in [6.45, 7) is 0. The Bertz CT molecular complexity index is 359. The van der Waals surface area contributed by atoms with E-state index in [2.05, 4.69) is 0 Å². The molecule has 3 nitrogen and oxygen atoms in total. The molecular weight excluding hydrogens is 270 g/mol. The summed E-state index contributed by atoms with van der Waals surface area (Å²) in [4.78, 5) is 10.3. The molecule has 0 aliphatic heterocycles. The Hall–Kier alpha value is -0.887. The standard InChI is InChI=1S/C7H6O3.C6H11.Zn/c8-6-4-2-1-3-5(6)7(9)10;1-2-4-6-5-3-1;/h1-4,8H,(H,9,10);1H,2-6H2;. The first-order valence-electron chi connectivity index (χ1n) is 5.95. The third-order valence-electron chi connectivity index (χ3n) is 2.86. The van der Waals surface area contributed by atoms with Crippen LogP contribution < -0.4 is 0 Å². The van der Waals surface area contributed by atoms with Gasteiger partial charge in [0.2, 0.25) is 0 Å². The summed E-state index contributed by atoms with van der Waals surface area (Å²) >= 11 is 1.54. The third kappa shape index (κ3) is 5.31. The molecule has 1 aromatic carbocycles. The second-order valence-corrected chi connectivity index (χ2v) is 6.75. The molecule has 0 unspecified atom stereocenters. The minimum absolute atomic E-state index is 0.0671. The predicted molar refractivity (Wildman–Crippen MR) is 61.9 cm³/mol. The molecule has 0 heterocycles. The molecule has 0 amide bonds. The molecule has 0 spiro atoms. The molecular formula is C13H17O3Zn. The molecule has 1 fully saturated rings. The molecule has 0 radical (unpaired) electrons. The second-order valence-electron chi connectivity index (χ2n) is 4.33. The summed E-state index contributed by atoms with van der Waals surface area (Å²) < 4.78 is 1.16. The van der Waals surface area contributed by atoms with Crippen LogP contribution in [0.3, 0.4) is 0 Å². The molecule has 17 heavy (non-hydrogen) atoms. The van der Waals surface area contributed by atoms with Crippen molar-refractivity contribution in [3.8, 4) is 5.75 Å². The van der Waals surface area contributed by atoms with E-state index < -0.39 is 5.97 Å². The Morgan fingerprint density at radius 2 is 1.76 bits per heavy atom. The Kier molecular flexibility index (Phi) is 6.20. The Balaban J connectivity index is 0.000000181. The zero-order valence-corrected chi connectivity index (χ0v) is 12.9. The van der Waals surface area contributed by atoms with Crippen molar-refractivity contribution in [2.75, 3.05) is 0 Å². The molecule has 4 heteroatoms. The van der Waals surface area contributed by atoms with Crippen LogP contribution in [0.5, 0.6) is 5.75 Å². The second kappa shape index (κ2) is 7.44. The summed E-state index contributed by atoms with van der Waals surface area (Å²) in [6, 6.07) is 5.81. The van der Waals surface area contributed by atoms with Crippen LogP contribution in [-0.2, 0) is 18.3 Å². The molecule has 0 atom stereocenters. The number of aromatic carboxylic acids is 1. The number of rotatable bonds is 1. The predicted octanol–water partition coefficient (Wildman–Crippen LogP) is 3.38. The summed E-state index contributed by atoms with van der Waals surface area (Å²) in [5, 5.41) is 17.3. The van der Waals surface area contributed by atoms with Crippen molar-refractivity contribution in [3.63, 3.8) is 0 Å². The van der Waals surface area contributed by atoms with Gasteiger partial charge in [0.15, 0.2) is 0 Å². The van der Waals surface area contributed by atoms with Crippen molar-refractivity contribution in [2.45, 2.75) is 36.6 Å². The number of aromatic hydroxyl groups is 1. The van der Waals surface area contributed by atoms with E-state index in [4.69, 9.17) is 10.2 Å². The first-order chi connectivity index (χ1) is 8.11. The van der Waals surface area contributed by atoms with Crippen molar-refractivity contribution in [1.82, 2.24) is 0 Å². The number of para-hydroxylation sites is 1. The Morgan fingerprint density at radius 1 is 1.18 bits per heavy atom. The van der Waals surface area contributed by atoms with Crippen LogP contribution in [0.15, 0.2) is 24.3 Å². The third-order valence-corrected chi connectivity index (χ3v) is 4.57. The first kappa shape index (κ1) is 14.2. The van der Waals surface area contributed by atoms with Gasteiger partial charge in [0.1, 0.15) is 11.3 Å². The SMILES string of the molecule is O=C(O)c1ccccc1O.[Zn][CH]1CCCCC1. The number of hydrogen-bond acceptors (Lipinski definition) is 2. The van der Waals surface area contributed by atoms with E-state index in [1.807, 2.05) is 0 Å². The van der Waals surface area contributed by atoms with Crippen LogP contribution in [0.2, 0.25) is 4.51 Å². The molecule has 2 rings (SSSR count). The van der Waals surface area contributed by atoms with Gasteiger partial charge in [-0.3, -0.25) is 0 Å². The van der Waals surface area contributed by atoms with Crippen molar-refractivity contribution in [2.24, 2.45) is 0 Å². The monoisotopic (exact) mass is 285 g/mol. The molecule has 89 valence electrons. The van der Waals surface area contributed by atoms with Crippen LogP contribution >= 0.6 is 0 Å². The van der Waals surface area contributed by atoms with Gasteiger partial charge in [-0.2, -0.15) is 0 Å². The average Bonchev–Trinajstić information content (AvgIpc) is 2.31. The molecule has 1 saturated carbocycles. The Morgan fingerprint density at radius 3 is 2.12 bits per heavy atom. The van der Waals surface area contributed by atoms with Crippen LogP contribution in [0.1, 0.15) is 42.5 Å². The fraction of sp³-hybridized carbons (Fsp3) is 0.462. The topological polar surface area (TPSA) is 57.5 Å². The number of hydrogen-bond donors (Lipinski definition) is 2. The van der Waals surface area contributed by atoms with E-state index in [-0.39, 0.29) is 11.3 Å². The van der Waals surface area contributed by atoms with Crippen molar-refractivity contribution in [3.05, 3.63) is 29.8 Å². The number of benzene rings is 1. The van der Waals surface area contributed by atoms with Gasteiger partial charge in [-0.05, 0) is 12.1 Å². The fourth-order valence-electron chi connectivity index (χ4n) is 1.84. The van der Waals surface area contributed by atoms with Crippen LogP contribution in [0, 0.1) is 0 Å². The maximum atomic E-state index is 10.3. The minimum atomic E-state index is -1.11. The van der Waals surface area contributed by atoms with Gasteiger partial charge in [0.25, 0.3) is 0 Å². The zero-order chi connectivity index (χ0) is 12.7. The maximum absolute atomic E-state index is 10.3. The van der Waals surface area contributed by atoms with Crippen LogP contribution in [0.25, 0.3) is 0 Å². The van der Waals surface area contributed by atoms with Crippen LogP contribution in [0.4, 0.5) is 0 Å². The summed E-state index contributed by atoms with van der Waals surface area (Å²) in [7, 11) is 0. The molecule has 2 N–H and O–H groups in total. The quantitative estimate of drug-likeness (QED) is 0.778. The fourth-order valence-corrected chi connectivity index (χ4v) is 3.05. The molecule has 0 bridgehead atoms. The molecule has 0 aromatic heterocycles. The van der Waals surface area contributed by atoms with Gasteiger partial charge in [0.05, 0.1) is 0 Å². The van der Waals surface area contributed by atoms with Crippen molar-refractivity contribution < 1.29 is 33.3 Å². The van der Waals surface area contributed by atoms with Crippen molar-refractivity contribution in [1.29, 1.82) is 0 Å². The van der Waals surface area contributed by atoms with E-state index in [1.54, 1.807) is 43.3 Å². The number of carboxylic acids is 1. The molecule has 1 aromatic rings. The van der Waals surface area contributed by atoms with E-state index in [0.717, 1.165) is 4.51 Å². The molecule has 1 aliphatic rings. The summed E-state index contributed by atoms with van der Waals surface area (Å²) in [6.07, 6.45) is 7.63. The summed E-state index contributed by atoms with van der Waals surface area (Å²) in [5.41, 5.74) is -0.0671. The van der Waals surface area contributed by atoms with E-state index in [0.29, 0.717) is 0 Å². The summed E-state index contributed by atoms with van der Waals surface area (Å²) in [5.74, 6) is -1.31. The van der Waals surface area contributed by atoms with Gasteiger partial charge in [-0.15, -0.1) is 0 Å². The molecule has 0 saturated heterocycles. The van der Waals surface area contributed by atoms with Crippen LogP contribution in [-0.4, -0.2) is 16.2 Å². The van der Waals surface area contributed by atoms with Gasteiger partial charge in [0, 0.05) is 0 Å². The molecule has 1 aliphatic carbocycles. The van der Waals surface area contributed by atoms with E-state index in [9.17, 15) is 4.79 Å². The van der Waals surface area contributed by atoms with Crippen molar-refractivity contribution >= 4 is 5.97 Å². The Labute approximate surface area is 112 Å². The van der Waals surface area contributed by atoms with E-state index in [1.165, 1.54) is 31.4 Å². The average molecular weight is 287 g/mol. The number of carboxylic acid groups (broad SMARTS) is 1.